The first kappa shape index (κ1) is 16.5. The van der Waals surface area contributed by atoms with Crippen molar-refractivity contribution in [3.8, 4) is 0 Å². The van der Waals surface area contributed by atoms with Crippen molar-refractivity contribution in [3.05, 3.63) is 17.8 Å². The van der Waals surface area contributed by atoms with Crippen molar-refractivity contribution in [1.82, 2.24) is 19.9 Å². The maximum absolute atomic E-state index is 9.99. The van der Waals surface area contributed by atoms with Gasteiger partial charge in [0, 0.05) is 5.41 Å². The molecule has 0 bridgehead atoms. The summed E-state index contributed by atoms with van der Waals surface area (Å²) in [5, 5.41) is 38.5. The molecule has 1 aliphatic heterocycles. The van der Waals surface area contributed by atoms with Crippen LogP contribution in [0.1, 0.15) is 13.8 Å². The third-order valence-electron chi connectivity index (χ3n) is 4.88. The maximum Gasteiger partial charge on any atom is 0.187 e. The summed E-state index contributed by atoms with van der Waals surface area (Å²) in [6, 6.07) is 0. The Balaban J connectivity index is 0.000000140. The Labute approximate surface area is 135 Å². The fourth-order valence-corrected chi connectivity index (χ4v) is 3.49. The predicted molar refractivity (Wildman–Crippen MR) is 78.3 cm³/mol. The van der Waals surface area contributed by atoms with Crippen molar-refractivity contribution >= 4 is 22.8 Å². The van der Waals surface area contributed by atoms with Crippen molar-refractivity contribution in [2.75, 3.05) is 6.61 Å². The van der Waals surface area contributed by atoms with Gasteiger partial charge in [0.05, 0.1) is 12.9 Å². The lowest BCUT2D eigenvalue weighted by Crippen LogP contribution is -2.36. The highest BCUT2D eigenvalue weighted by Gasteiger charge is 2.92. The van der Waals surface area contributed by atoms with Gasteiger partial charge in [-0.2, -0.15) is 0 Å². The molecular weight excluding hydrogens is 328 g/mol. The molecule has 1 saturated carbocycles. The highest BCUT2D eigenvalue weighted by atomic mass is 35.5. The molecule has 2 fully saturated rings. The van der Waals surface area contributed by atoms with Gasteiger partial charge in [0.1, 0.15) is 23.5 Å². The van der Waals surface area contributed by atoms with Gasteiger partial charge in [-0.1, -0.05) is 25.4 Å². The van der Waals surface area contributed by atoms with Gasteiger partial charge in [0.2, 0.25) is 0 Å². The fraction of sp³-hybridized carbons (Fsp3) is 0.615. The van der Waals surface area contributed by atoms with Gasteiger partial charge in [-0.05, 0) is 0 Å². The summed E-state index contributed by atoms with van der Waals surface area (Å²) in [7, 11) is 0. The van der Waals surface area contributed by atoms with Gasteiger partial charge < -0.3 is 30.1 Å². The van der Waals surface area contributed by atoms with Gasteiger partial charge in [-0.3, -0.25) is 0 Å². The van der Waals surface area contributed by atoms with E-state index in [0.717, 1.165) is 0 Å². The first-order valence-corrected chi connectivity index (χ1v) is 7.28. The second-order valence-electron chi connectivity index (χ2n) is 6.08. The van der Waals surface area contributed by atoms with Crippen molar-refractivity contribution in [2.45, 2.75) is 37.4 Å². The number of nitrogens with zero attached hydrogens (tertiary/aromatic N) is 3. The van der Waals surface area contributed by atoms with E-state index >= 15 is 0 Å². The lowest BCUT2D eigenvalue weighted by atomic mass is 10.0. The number of nitrogens with one attached hydrogen (secondary N) is 1. The van der Waals surface area contributed by atoms with Gasteiger partial charge in [-0.15, -0.1) is 0 Å². The molecule has 23 heavy (non-hydrogen) atoms. The van der Waals surface area contributed by atoms with E-state index in [-0.39, 0.29) is 0 Å². The Hall–Kier alpha value is -1.36. The minimum absolute atomic E-state index is 0.405. The number of aromatic nitrogens is 4. The maximum atomic E-state index is 9.99. The second kappa shape index (κ2) is 5.07. The van der Waals surface area contributed by atoms with Gasteiger partial charge in [-0.25, -0.2) is 15.0 Å². The third kappa shape index (κ3) is 1.89. The predicted octanol–water partition coefficient (Wildman–Crippen LogP) is -0.796. The molecule has 2 aromatic heterocycles. The molecule has 0 amide bonds. The molecule has 0 spiro atoms. The summed E-state index contributed by atoms with van der Waals surface area (Å²) in [5.74, 6) is 0. The average Bonchev–Trinajstić information content (AvgIpc) is 2.93. The number of aliphatic hydroxyl groups excluding tert-OH is 2. The molecule has 3 heterocycles. The normalized spacial score (nSPS) is 37.2. The van der Waals surface area contributed by atoms with Gasteiger partial charge >= 0.3 is 0 Å². The van der Waals surface area contributed by atoms with E-state index in [2.05, 4.69) is 19.9 Å². The summed E-state index contributed by atoms with van der Waals surface area (Å²) < 4.78 is 4.82. The minimum atomic E-state index is -1.65. The van der Waals surface area contributed by atoms with Crippen molar-refractivity contribution in [2.24, 2.45) is 5.41 Å². The van der Waals surface area contributed by atoms with E-state index in [1.165, 1.54) is 12.7 Å². The number of imidazole rings is 1. The number of aromatic amines is 1. The topological polar surface area (TPSA) is 145 Å². The number of ether oxygens (including phenoxy) is 1. The van der Waals surface area contributed by atoms with Gasteiger partial charge in [0.25, 0.3) is 0 Å². The summed E-state index contributed by atoms with van der Waals surface area (Å²) in [6.07, 6.45) is 0.573. The molecule has 4 atom stereocenters. The molecule has 4 rings (SSSR count). The smallest absolute Gasteiger partial charge is 0.187 e. The number of hydrogen-bond donors (Lipinski definition) is 5. The summed E-state index contributed by atoms with van der Waals surface area (Å²) >= 11 is 5.68. The molecule has 1 aliphatic carbocycles. The Bertz CT molecular complexity index is 740. The highest BCUT2D eigenvalue weighted by molar-refractivity contribution is 6.33. The Kier molecular flexibility index (Phi) is 3.63. The monoisotopic (exact) mass is 344 g/mol. The number of hydrogen-bond acceptors (Lipinski definition) is 8. The third-order valence-corrected chi connectivity index (χ3v) is 5.17. The molecule has 1 saturated heterocycles. The molecule has 0 radical (unpaired) electrons. The van der Waals surface area contributed by atoms with Crippen molar-refractivity contribution < 1.29 is 25.2 Å². The number of halogens is 1. The number of aliphatic hydroxyl groups is 4. The largest absolute Gasteiger partial charge is 0.394 e. The number of rotatable bonds is 1. The molecular formula is C13H17ClN4O5. The summed E-state index contributed by atoms with van der Waals surface area (Å²) in [6.45, 7) is 2.84. The minimum Gasteiger partial charge on any atom is -0.394 e. The van der Waals surface area contributed by atoms with E-state index < -0.39 is 35.6 Å². The van der Waals surface area contributed by atoms with E-state index in [1.807, 2.05) is 0 Å². The molecule has 0 aromatic carbocycles. The SMILES string of the molecule is CC1(C)[C@]2(O)C(O)O[C@H](CO)[C@]12O.Clc1ncnc2nc[nH]c12. The van der Waals surface area contributed by atoms with Crippen LogP contribution < -0.4 is 0 Å². The van der Waals surface area contributed by atoms with E-state index in [9.17, 15) is 15.3 Å². The molecule has 126 valence electrons. The Morgan fingerprint density at radius 2 is 1.96 bits per heavy atom. The van der Waals surface area contributed by atoms with Crippen LogP contribution in [0.2, 0.25) is 5.15 Å². The zero-order chi connectivity index (χ0) is 17.0. The molecule has 10 heteroatoms. The second-order valence-corrected chi connectivity index (χ2v) is 6.44. The number of fused-ring (bicyclic) bond motifs is 2. The zero-order valence-electron chi connectivity index (χ0n) is 12.4. The molecule has 2 aromatic rings. The molecule has 5 N–H and O–H groups in total. The van der Waals surface area contributed by atoms with Crippen LogP contribution in [0.25, 0.3) is 11.2 Å². The molecule has 2 aliphatic rings. The van der Waals surface area contributed by atoms with Crippen LogP contribution in [0.5, 0.6) is 0 Å². The van der Waals surface area contributed by atoms with Crippen LogP contribution in [0.3, 0.4) is 0 Å². The fourth-order valence-electron chi connectivity index (χ4n) is 3.30. The van der Waals surface area contributed by atoms with Gasteiger partial charge in [0.15, 0.2) is 22.7 Å². The highest BCUT2D eigenvalue weighted by Crippen LogP contribution is 2.72. The standard InChI is InChI=1S/C8H14O5.C5H3ClN4/c1-6(2)7(11)4(3-9)13-5(10)8(6,7)12;6-4-3-5(9-1-7-3)10-2-8-4/h4-5,9-12H,3H2,1-2H3;1-2H,(H,7,8,9,10)/t4-,5?,7+,8-;/m1./s1. The Morgan fingerprint density at radius 1 is 1.26 bits per heavy atom. The average molecular weight is 345 g/mol. The lowest BCUT2D eigenvalue weighted by Gasteiger charge is -2.22. The van der Waals surface area contributed by atoms with Crippen molar-refractivity contribution in [1.29, 1.82) is 0 Å². The quantitative estimate of drug-likeness (QED) is 0.423. The first-order valence-electron chi connectivity index (χ1n) is 6.90. The first-order chi connectivity index (χ1) is 10.7. The van der Waals surface area contributed by atoms with Crippen LogP contribution in [0.4, 0.5) is 0 Å². The molecule has 9 nitrogen and oxygen atoms in total. The summed E-state index contributed by atoms with van der Waals surface area (Å²) in [5.41, 5.74) is -2.74. The van der Waals surface area contributed by atoms with Crippen LogP contribution in [0, 0.1) is 5.41 Å². The van der Waals surface area contributed by atoms with Crippen molar-refractivity contribution in [3.63, 3.8) is 0 Å². The van der Waals surface area contributed by atoms with E-state index in [0.29, 0.717) is 16.3 Å². The lowest BCUT2D eigenvalue weighted by molar-refractivity contribution is -0.185. The molecule has 1 unspecified atom stereocenters. The zero-order valence-corrected chi connectivity index (χ0v) is 13.2. The van der Waals surface area contributed by atoms with Crippen LogP contribution in [-0.2, 0) is 4.74 Å². The van der Waals surface area contributed by atoms with Crippen LogP contribution in [-0.4, -0.2) is 70.6 Å². The van der Waals surface area contributed by atoms with E-state index in [1.54, 1.807) is 13.8 Å². The van der Waals surface area contributed by atoms with Crippen LogP contribution in [0.15, 0.2) is 12.7 Å². The Morgan fingerprint density at radius 3 is 2.43 bits per heavy atom. The van der Waals surface area contributed by atoms with E-state index in [4.69, 9.17) is 21.4 Å². The summed E-state index contributed by atoms with van der Waals surface area (Å²) in [4.78, 5) is 14.3. The number of H-pyrrole nitrogens is 1. The van der Waals surface area contributed by atoms with Crippen LogP contribution >= 0.6 is 11.6 Å².